The SMILES string of the molecule is CC(C)C(=O)N1CCCC1C(=O)Nc1cccc(S(=O)(=O)N2CCCCC2)c1. The van der Waals surface area contributed by atoms with E-state index in [4.69, 9.17) is 0 Å². The van der Waals surface area contributed by atoms with E-state index in [0.717, 1.165) is 25.7 Å². The largest absolute Gasteiger partial charge is 0.330 e. The van der Waals surface area contributed by atoms with E-state index in [0.29, 0.717) is 31.7 Å². The molecule has 3 rings (SSSR count). The van der Waals surface area contributed by atoms with Gasteiger partial charge in [0.05, 0.1) is 4.90 Å². The molecule has 2 amide bonds. The van der Waals surface area contributed by atoms with E-state index in [1.807, 2.05) is 13.8 Å². The lowest BCUT2D eigenvalue weighted by atomic mass is 10.1. The Balaban J connectivity index is 1.74. The lowest BCUT2D eigenvalue weighted by molar-refractivity contribution is -0.139. The monoisotopic (exact) mass is 407 g/mol. The number of sulfonamides is 1. The van der Waals surface area contributed by atoms with E-state index in [1.165, 1.54) is 10.4 Å². The molecule has 0 radical (unpaired) electrons. The first-order valence-corrected chi connectivity index (χ1v) is 11.5. The highest BCUT2D eigenvalue weighted by atomic mass is 32.2. The predicted molar refractivity (Wildman–Crippen MR) is 107 cm³/mol. The maximum Gasteiger partial charge on any atom is 0.247 e. The third kappa shape index (κ3) is 4.38. The van der Waals surface area contributed by atoms with Crippen molar-refractivity contribution in [1.82, 2.24) is 9.21 Å². The summed E-state index contributed by atoms with van der Waals surface area (Å²) in [6, 6.07) is 5.88. The summed E-state index contributed by atoms with van der Waals surface area (Å²) >= 11 is 0. The lowest BCUT2D eigenvalue weighted by Gasteiger charge is -2.26. The van der Waals surface area contributed by atoms with E-state index < -0.39 is 16.1 Å². The van der Waals surface area contributed by atoms with Crippen molar-refractivity contribution in [2.45, 2.75) is 56.9 Å². The van der Waals surface area contributed by atoms with Crippen molar-refractivity contribution in [1.29, 1.82) is 0 Å². The molecule has 28 heavy (non-hydrogen) atoms. The summed E-state index contributed by atoms with van der Waals surface area (Å²) in [5, 5.41) is 2.81. The van der Waals surface area contributed by atoms with Gasteiger partial charge in [0.1, 0.15) is 6.04 Å². The van der Waals surface area contributed by atoms with Gasteiger partial charge in [0.25, 0.3) is 0 Å². The molecule has 0 spiro atoms. The summed E-state index contributed by atoms with van der Waals surface area (Å²) in [5.41, 5.74) is 0.437. The predicted octanol–water partition coefficient (Wildman–Crippen LogP) is 2.45. The molecule has 0 aliphatic carbocycles. The molecule has 2 aliphatic heterocycles. The molecule has 2 saturated heterocycles. The summed E-state index contributed by atoms with van der Waals surface area (Å²) in [7, 11) is -3.56. The normalized spacial score (nSPS) is 21.1. The number of hydrogen-bond acceptors (Lipinski definition) is 4. The van der Waals surface area contributed by atoms with Gasteiger partial charge in [0, 0.05) is 31.2 Å². The second-order valence-electron chi connectivity index (χ2n) is 7.83. The zero-order chi connectivity index (χ0) is 20.3. The average molecular weight is 408 g/mol. The second-order valence-corrected chi connectivity index (χ2v) is 9.76. The van der Waals surface area contributed by atoms with Crippen molar-refractivity contribution in [3.8, 4) is 0 Å². The highest BCUT2D eigenvalue weighted by molar-refractivity contribution is 7.89. The van der Waals surface area contributed by atoms with E-state index >= 15 is 0 Å². The number of carbonyl (C=O) groups is 2. The topological polar surface area (TPSA) is 86.8 Å². The van der Waals surface area contributed by atoms with Crippen molar-refractivity contribution in [2.75, 3.05) is 25.0 Å². The van der Waals surface area contributed by atoms with E-state index in [9.17, 15) is 18.0 Å². The number of piperidine rings is 1. The van der Waals surface area contributed by atoms with Gasteiger partial charge in [-0.1, -0.05) is 26.3 Å². The number of hydrogen-bond donors (Lipinski definition) is 1. The first-order valence-electron chi connectivity index (χ1n) is 10.0. The van der Waals surface area contributed by atoms with Crippen molar-refractivity contribution >= 4 is 27.5 Å². The molecule has 1 atom stereocenters. The minimum absolute atomic E-state index is 0.0286. The molecule has 1 N–H and O–H groups in total. The summed E-state index contributed by atoms with van der Waals surface area (Å²) in [4.78, 5) is 26.9. The summed E-state index contributed by atoms with van der Waals surface area (Å²) < 4.78 is 27.2. The standard InChI is InChI=1S/C20H29N3O4S/c1-15(2)20(25)23-13-7-10-18(23)19(24)21-16-8-6-9-17(14-16)28(26,27)22-11-4-3-5-12-22/h6,8-9,14-15,18H,3-5,7,10-13H2,1-2H3,(H,21,24). The number of benzene rings is 1. The molecule has 0 aromatic heterocycles. The van der Waals surface area contributed by atoms with Crippen LogP contribution in [-0.4, -0.2) is 55.1 Å². The summed E-state index contributed by atoms with van der Waals surface area (Å²) in [6.07, 6.45) is 4.21. The van der Waals surface area contributed by atoms with E-state index in [2.05, 4.69) is 5.32 Å². The minimum Gasteiger partial charge on any atom is -0.330 e. The number of anilines is 1. The van der Waals surface area contributed by atoms with Crippen LogP contribution in [0.3, 0.4) is 0 Å². The van der Waals surface area contributed by atoms with Gasteiger partial charge < -0.3 is 10.2 Å². The molecule has 0 bridgehead atoms. The van der Waals surface area contributed by atoms with Crippen LogP contribution in [0.4, 0.5) is 5.69 Å². The number of nitrogens with one attached hydrogen (secondary N) is 1. The number of carbonyl (C=O) groups excluding carboxylic acids is 2. The quantitative estimate of drug-likeness (QED) is 0.812. The number of nitrogens with zero attached hydrogens (tertiary/aromatic N) is 2. The molecule has 2 aliphatic rings. The Bertz CT molecular complexity index is 832. The number of likely N-dealkylation sites (tertiary alicyclic amines) is 1. The Morgan fingerprint density at radius 2 is 1.79 bits per heavy atom. The highest BCUT2D eigenvalue weighted by Gasteiger charge is 2.35. The van der Waals surface area contributed by atoms with Crippen LogP contribution in [0.2, 0.25) is 0 Å². The van der Waals surface area contributed by atoms with Gasteiger partial charge in [-0.2, -0.15) is 4.31 Å². The highest BCUT2D eigenvalue weighted by Crippen LogP contribution is 2.25. The van der Waals surface area contributed by atoms with Crippen molar-refractivity contribution < 1.29 is 18.0 Å². The Morgan fingerprint density at radius 1 is 1.07 bits per heavy atom. The Kier molecular flexibility index (Phi) is 6.40. The zero-order valence-electron chi connectivity index (χ0n) is 16.6. The fraction of sp³-hybridized carbons (Fsp3) is 0.600. The molecule has 1 aromatic carbocycles. The van der Waals surface area contributed by atoms with Crippen molar-refractivity contribution in [3.63, 3.8) is 0 Å². The maximum absolute atomic E-state index is 12.9. The molecule has 2 fully saturated rings. The third-order valence-corrected chi connectivity index (χ3v) is 7.28. The van der Waals surface area contributed by atoms with Crippen LogP contribution in [0.15, 0.2) is 29.2 Å². The molecule has 1 aromatic rings. The lowest BCUT2D eigenvalue weighted by Crippen LogP contribution is -2.44. The molecule has 7 nitrogen and oxygen atoms in total. The number of rotatable bonds is 5. The fourth-order valence-corrected chi connectivity index (χ4v) is 5.41. The Labute approximate surface area is 167 Å². The van der Waals surface area contributed by atoms with Gasteiger partial charge in [-0.25, -0.2) is 8.42 Å². The van der Waals surface area contributed by atoms with E-state index in [-0.39, 0.29) is 22.6 Å². The molecular formula is C20H29N3O4S. The second kappa shape index (κ2) is 8.61. The van der Waals surface area contributed by atoms with Gasteiger partial charge >= 0.3 is 0 Å². The molecule has 154 valence electrons. The molecular weight excluding hydrogens is 378 g/mol. The van der Waals surface area contributed by atoms with Crippen LogP contribution < -0.4 is 5.32 Å². The van der Waals surface area contributed by atoms with Crippen LogP contribution >= 0.6 is 0 Å². The van der Waals surface area contributed by atoms with Gasteiger partial charge in [-0.3, -0.25) is 9.59 Å². The van der Waals surface area contributed by atoms with Crippen LogP contribution in [0.1, 0.15) is 46.0 Å². The summed E-state index contributed by atoms with van der Waals surface area (Å²) in [5.74, 6) is -0.454. The zero-order valence-corrected chi connectivity index (χ0v) is 17.4. The smallest absolute Gasteiger partial charge is 0.247 e. The van der Waals surface area contributed by atoms with Crippen LogP contribution in [0.5, 0.6) is 0 Å². The Hall–Kier alpha value is -1.93. The Morgan fingerprint density at radius 3 is 2.46 bits per heavy atom. The van der Waals surface area contributed by atoms with Gasteiger partial charge in [-0.15, -0.1) is 0 Å². The fourth-order valence-electron chi connectivity index (χ4n) is 3.85. The molecule has 0 saturated carbocycles. The summed E-state index contributed by atoms with van der Waals surface area (Å²) in [6.45, 7) is 5.30. The average Bonchev–Trinajstić information content (AvgIpc) is 3.18. The van der Waals surface area contributed by atoms with Crippen LogP contribution in [-0.2, 0) is 19.6 Å². The minimum atomic E-state index is -3.56. The van der Waals surface area contributed by atoms with Crippen LogP contribution in [0.25, 0.3) is 0 Å². The van der Waals surface area contributed by atoms with Crippen LogP contribution in [0, 0.1) is 5.92 Å². The molecule has 1 unspecified atom stereocenters. The van der Waals surface area contributed by atoms with Gasteiger partial charge in [0.2, 0.25) is 21.8 Å². The number of amides is 2. The van der Waals surface area contributed by atoms with Gasteiger partial charge in [-0.05, 0) is 43.9 Å². The van der Waals surface area contributed by atoms with Gasteiger partial charge in [0.15, 0.2) is 0 Å². The first-order chi connectivity index (χ1) is 13.3. The van der Waals surface area contributed by atoms with Crippen molar-refractivity contribution in [3.05, 3.63) is 24.3 Å². The molecule has 2 heterocycles. The first kappa shape index (κ1) is 20.8. The maximum atomic E-state index is 12.9. The third-order valence-electron chi connectivity index (χ3n) is 5.39. The van der Waals surface area contributed by atoms with E-state index in [1.54, 1.807) is 23.1 Å². The van der Waals surface area contributed by atoms with Crippen molar-refractivity contribution in [2.24, 2.45) is 5.92 Å². The molecule has 8 heteroatoms.